The van der Waals surface area contributed by atoms with E-state index in [0.717, 1.165) is 23.2 Å². The van der Waals surface area contributed by atoms with E-state index < -0.39 is 52.7 Å². The molecule has 2 saturated carbocycles. The van der Waals surface area contributed by atoms with Crippen LogP contribution in [0, 0.1) is 17.8 Å². The van der Waals surface area contributed by atoms with Gasteiger partial charge in [0.25, 0.3) is 0 Å². The Bertz CT molecular complexity index is 1350. The molecular formula is C28H30N2O7. The number of amides is 1. The number of carbonyl (C=O) groups excluding carboxylic acids is 3. The Kier molecular flexibility index (Phi) is 5.97. The Morgan fingerprint density at radius 3 is 2.38 bits per heavy atom. The van der Waals surface area contributed by atoms with Crippen LogP contribution in [0.15, 0.2) is 42.0 Å². The Morgan fingerprint density at radius 1 is 1.08 bits per heavy atom. The molecule has 3 aliphatic carbocycles. The predicted molar refractivity (Wildman–Crippen MR) is 134 cm³/mol. The standard InChI is InChI=1S/C28H30N2O7/c1-30(2)12-13-3-5-14(6-4-13)17-7-8-19(31)22-18(17)10-15-9-16-11-20(32)23(27(29)36)26(35)28(16,37)25(34)21(15)24(22)33/h3-8,15-16,20,23,31-33,37H,9-12H2,1-2H3,(H2,29,36)/t15-,16+,20?,23?,28+/m1/s1. The van der Waals surface area contributed by atoms with E-state index in [2.05, 4.69) is 4.90 Å². The first-order chi connectivity index (χ1) is 17.4. The van der Waals surface area contributed by atoms with Crippen molar-refractivity contribution in [2.24, 2.45) is 23.5 Å². The maximum absolute atomic E-state index is 13.6. The Labute approximate surface area is 213 Å². The van der Waals surface area contributed by atoms with E-state index in [1.807, 2.05) is 38.4 Å². The summed E-state index contributed by atoms with van der Waals surface area (Å²) in [6.45, 7) is 0.774. The number of ketones is 2. The molecule has 5 rings (SSSR count). The fourth-order valence-corrected chi connectivity index (χ4v) is 6.35. The zero-order valence-corrected chi connectivity index (χ0v) is 20.6. The van der Waals surface area contributed by atoms with Crippen molar-refractivity contribution in [1.29, 1.82) is 0 Å². The number of aromatic hydroxyl groups is 1. The molecule has 0 saturated heterocycles. The van der Waals surface area contributed by atoms with Crippen LogP contribution >= 0.6 is 0 Å². The zero-order valence-electron chi connectivity index (χ0n) is 20.6. The van der Waals surface area contributed by atoms with Gasteiger partial charge in [-0.3, -0.25) is 14.4 Å². The van der Waals surface area contributed by atoms with Crippen LogP contribution in [0.3, 0.4) is 0 Å². The van der Waals surface area contributed by atoms with Crippen LogP contribution in [0.4, 0.5) is 0 Å². The molecule has 37 heavy (non-hydrogen) atoms. The van der Waals surface area contributed by atoms with E-state index in [4.69, 9.17) is 5.73 Å². The number of carbonyl (C=O) groups is 3. The van der Waals surface area contributed by atoms with E-state index in [0.29, 0.717) is 5.56 Å². The van der Waals surface area contributed by atoms with Gasteiger partial charge in [-0.25, -0.2) is 0 Å². The predicted octanol–water partition coefficient (Wildman–Crippen LogP) is 1.32. The molecule has 0 spiro atoms. The number of rotatable bonds is 4. The molecule has 1 amide bonds. The molecule has 5 atom stereocenters. The Morgan fingerprint density at radius 2 is 1.76 bits per heavy atom. The number of benzene rings is 2. The highest BCUT2D eigenvalue weighted by Gasteiger charge is 2.63. The SMILES string of the molecule is CN(C)Cc1ccc(-c2ccc(O)c3c2C[C@H]2C[C@H]4CC(O)C(C(N)=O)C(=O)[C@@]4(O)C(=O)C2=C3O)cc1. The largest absolute Gasteiger partial charge is 0.507 e. The lowest BCUT2D eigenvalue weighted by molar-refractivity contribution is -0.174. The van der Waals surface area contributed by atoms with Crippen molar-refractivity contribution in [3.05, 3.63) is 58.7 Å². The molecule has 3 aliphatic rings. The number of phenols is 1. The second kappa shape index (κ2) is 8.79. The van der Waals surface area contributed by atoms with Gasteiger partial charge in [0.05, 0.1) is 11.7 Å². The third-order valence-corrected chi connectivity index (χ3v) is 8.03. The summed E-state index contributed by atoms with van der Waals surface area (Å²) in [5.74, 6) is -7.18. The van der Waals surface area contributed by atoms with E-state index >= 15 is 0 Å². The van der Waals surface area contributed by atoms with Crippen molar-refractivity contribution < 1.29 is 34.8 Å². The van der Waals surface area contributed by atoms with Gasteiger partial charge in [0.1, 0.15) is 17.4 Å². The molecule has 194 valence electrons. The van der Waals surface area contributed by atoms with Crippen molar-refractivity contribution in [3.8, 4) is 16.9 Å². The average molecular weight is 507 g/mol. The maximum Gasteiger partial charge on any atom is 0.230 e. The summed E-state index contributed by atoms with van der Waals surface area (Å²) in [5.41, 5.74) is 6.09. The number of aliphatic hydroxyl groups excluding tert-OH is 2. The van der Waals surface area contributed by atoms with Gasteiger partial charge >= 0.3 is 0 Å². The molecule has 2 aromatic carbocycles. The highest BCUT2D eigenvalue weighted by molar-refractivity contribution is 6.24. The lowest BCUT2D eigenvalue weighted by Crippen LogP contribution is -2.66. The summed E-state index contributed by atoms with van der Waals surface area (Å²) >= 11 is 0. The van der Waals surface area contributed by atoms with Crippen molar-refractivity contribution in [2.45, 2.75) is 37.5 Å². The summed E-state index contributed by atoms with van der Waals surface area (Å²) in [6.07, 6.45) is -1.15. The van der Waals surface area contributed by atoms with Crippen molar-refractivity contribution in [3.63, 3.8) is 0 Å². The van der Waals surface area contributed by atoms with Crippen LogP contribution in [-0.4, -0.2) is 68.6 Å². The number of primary amides is 1. The molecule has 2 aromatic rings. The van der Waals surface area contributed by atoms with E-state index in [9.17, 15) is 34.8 Å². The molecule has 0 bridgehead atoms. The van der Waals surface area contributed by atoms with Gasteiger partial charge in [-0.15, -0.1) is 0 Å². The second-order valence-electron chi connectivity index (χ2n) is 10.7. The van der Waals surface area contributed by atoms with E-state index in [1.165, 1.54) is 6.07 Å². The molecule has 0 heterocycles. The fraction of sp³-hybridized carbons (Fsp3) is 0.393. The van der Waals surface area contributed by atoms with Crippen LogP contribution in [0.2, 0.25) is 0 Å². The summed E-state index contributed by atoms with van der Waals surface area (Å²) in [5, 5.41) is 43.7. The van der Waals surface area contributed by atoms with Gasteiger partial charge < -0.3 is 31.1 Å². The number of nitrogens with two attached hydrogens (primary N) is 1. The first-order valence-corrected chi connectivity index (χ1v) is 12.3. The minimum atomic E-state index is -2.58. The topological polar surface area (TPSA) is 161 Å². The van der Waals surface area contributed by atoms with Crippen molar-refractivity contribution >= 4 is 23.2 Å². The third kappa shape index (κ3) is 3.77. The summed E-state index contributed by atoms with van der Waals surface area (Å²) in [7, 11) is 3.97. The van der Waals surface area contributed by atoms with E-state index in [1.54, 1.807) is 6.07 Å². The van der Waals surface area contributed by atoms with Crippen molar-refractivity contribution in [1.82, 2.24) is 4.90 Å². The molecule has 0 radical (unpaired) electrons. The molecular weight excluding hydrogens is 476 g/mol. The lowest BCUT2D eigenvalue weighted by atomic mass is 9.56. The molecule has 2 unspecified atom stereocenters. The summed E-state index contributed by atoms with van der Waals surface area (Å²) in [6, 6.07) is 11.1. The number of aliphatic hydroxyl groups is 3. The number of nitrogens with zero attached hydrogens (tertiary/aromatic N) is 1. The van der Waals surface area contributed by atoms with Gasteiger partial charge in [-0.05, 0) is 67.6 Å². The van der Waals surface area contributed by atoms with Crippen LogP contribution in [0.5, 0.6) is 5.75 Å². The monoisotopic (exact) mass is 506 g/mol. The third-order valence-electron chi connectivity index (χ3n) is 8.03. The van der Waals surface area contributed by atoms with Crippen LogP contribution in [0.25, 0.3) is 16.9 Å². The van der Waals surface area contributed by atoms with Crippen LogP contribution in [-0.2, 0) is 27.3 Å². The van der Waals surface area contributed by atoms with Gasteiger partial charge in [-0.1, -0.05) is 30.3 Å². The number of fused-ring (bicyclic) bond motifs is 3. The van der Waals surface area contributed by atoms with Crippen LogP contribution < -0.4 is 5.73 Å². The smallest absolute Gasteiger partial charge is 0.230 e. The molecule has 2 fully saturated rings. The van der Waals surface area contributed by atoms with Gasteiger partial charge in [0, 0.05) is 18.0 Å². The Balaban J connectivity index is 1.60. The lowest BCUT2D eigenvalue weighted by Gasteiger charge is -2.48. The number of hydrogen-bond acceptors (Lipinski definition) is 8. The number of phenolic OH excluding ortho intramolecular Hbond substituents is 1. The van der Waals surface area contributed by atoms with Crippen LogP contribution in [0.1, 0.15) is 29.5 Å². The second-order valence-corrected chi connectivity index (χ2v) is 10.7. The van der Waals surface area contributed by atoms with Gasteiger partial charge in [0.15, 0.2) is 11.4 Å². The average Bonchev–Trinajstić information content (AvgIpc) is 2.81. The number of hydrogen-bond donors (Lipinski definition) is 5. The molecule has 0 aromatic heterocycles. The minimum Gasteiger partial charge on any atom is -0.507 e. The quantitative estimate of drug-likeness (QED) is 0.388. The normalized spacial score (nSPS) is 29.1. The molecule has 6 N–H and O–H groups in total. The zero-order chi connectivity index (χ0) is 26.8. The highest BCUT2D eigenvalue weighted by atomic mass is 16.3. The minimum absolute atomic E-state index is 0.0891. The van der Waals surface area contributed by atoms with E-state index in [-0.39, 0.29) is 36.1 Å². The summed E-state index contributed by atoms with van der Waals surface area (Å²) < 4.78 is 0. The molecule has 9 heteroatoms. The highest BCUT2D eigenvalue weighted by Crippen LogP contribution is 2.52. The first kappa shape index (κ1) is 25.1. The first-order valence-electron chi connectivity index (χ1n) is 12.3. The molecule has 9 nitrogen and oxygen atoms in total. The fourth-order valence-electron chi connectivity index (χ4n) is 6.35. The summed E-state index contributed by atoms with van der Waals surface area (Å²) in [4.78, 5) is 40.6. The van der Waals surface area contributed by atoms with Crippen molar-refractivity contribution in [2.75, 3.05) is 14.1 Å². The number of Topliss-reactive ketones (excluding diaryl/α,β-unsaturated/α-hetero) is 2. The van der Waals surface area contributed by atoms with Gasteiger partial charge in [0.2, 0.25) is 11.7 Å². The van der Waals surface area contributed by atoms with Gasteiger partial charge in [-0.2, -0.15) is 0 Å². The molecule has 0 aliphatic heterocycles. The maximum atomic E-state index is 13.6. The Hall–Kier alpha value is -3.53.